The first-order valence-electron chi connectivity index (χ1n) is 9.33. The maximum absolute atomic E-state index is 13.7. The molecule has 142 valence electrons. The van der Waals surface area contributed by atoms with Crippen LogP contribution in [0.4, 0.5) is 10.1 Å². The number of hydrogen-bond donors (Lipinski definition) is 1. The van der Waals surface area contributed by atoms with E-state index in [2.05, 4.69) is 5.32 Å². The summed E-state index contributed by atoms with van der Waals surface area (Å²) in [5, 5.41) is 3.02. The van der Waals surface area contributed by atoms with E-state index in [1.165, 1.54) is 6.07 Å². The van der Waals surface area contributed by atoms with Crippen molar-refractivity contribution in [3.63, 3.8) is 0 Å². The molecule has 1 saturated heterocycles. The standard InChI is InChI=1S/C22H25FN2O2/c1-15-7-8-16(2)20(13-15)24-22(27)17-9-11-25(12-10-17)21(26)14-18-5-3-4-6-19(18)23/h3-8,13,17H,9-12,14H2,1-2H3,(H,24,27). The number of rotatable bonds is 4. The van der Waals surface area contributed by atoms with Gasteiger partial charge in [0.15, 0.2) is 0 Å². The van der Waals surface area contributed by atoms with Crippen LogP contribution in [0.3, 0.4) is 0 Å². The van der Waals surface area contributed by atoms with Gasteiger partial charge in [0, 0.05) is 24.7 Å². The molecule has 0 aliphatic carbocycles. The van der Waals surface area contributed by atoms with Crippen molar-refractivity contribution in [1.29, 1.82) is 0 Å². The summed E-state index contributed by atoms with van der Waals surface area (Å²) in [6.45, 7) is 5.02. The number of hydrogen-bond acceptors (Lipinski definition) is 2. The number of nitrogens with one attached hydrogen (secondary N) is 1. The molecule has 2 amide bonds. The highest BCUT2D eigenvalue weighted by atomic mass is 19.1. The van der Waals surface area contributed by atoms with Crippen LogP contribution in [0.2, 0.25) is 0 Å². The largest absolute Gasteiger partial charge is 0.342 e. The second kappa shape index (κ2) is 8.33. The Kier molecular flexibility index (Phi) is 5.89. The number of piperidine rings is 1. The van der Waals surface area contributed by atoms with Gasteiger partial charge in [0.25, 0.3) is 0 Å². The van der Waals surface area contributed by atoms with Crippen LogP contribution in [-0.4, -0.2) is 29.8 Å². The fourth-order valence-electron chi connectivity index (χ4n) is 3.41. The minimum Gasteiger partial charge on any atom is -0.342 e. The molecule has 1 aliphatic heterocycles. The molecular weight excluding hydrogens is 343 g/mol. The second-order valence-corrected chi connectivity index (χ2v) is 7.23. The van der Waals surface area contributed by atoms with E-state index >= 15 is 0 Å². The van der Waals surface area contributed by atoms with Crippen LogP contribution in [0.15, 0.2) is 42.5 Å². The van der Waals surface area contributed by atoms with E-state index in [1.807, 2.05) is 32.0 Å². The highest BCUT2D eigenvalue weighted by Crippen LogP contribution is 2.22. The summed E-state index contributed by atoms with van der Waals surface area (Å²) >= 11 is 0. The lowest BCUT2D eigenvalue weighted by Gasteiger charge is -2.31. The molecule has 0 bridgehead atoms. The maximum atomic E-state index is 13.7. The number of halogens is 1. The van der Waals surface area contributed by atoms with Crippen LogP contribution in [0.5, 0.6) is 0 Å². The SMILES string of the molecule is Cc1ccc(C)c(NC(=O)C2CCN(C(=O)Cc3ccccc3F)CC2)c1. The van der Waals surface area contributed by atoms with Gasteiger partial charge >= 0.3 is 0 Å². The summed E-state index contributed by atoms with van der Waals surface area (Å²) in [6, 6.07) is 12.3. The number of likely N-dealkylation sites (tertiary alicyclic amines) is 1. The molecule has 0 saturated carbocycles. The third kappa shape index (κ3) is 4.73. The lowest BCUT2D eigenvalue weighted by atomic mass is 9.95. The van der Waals surface area contributed by atoms with Crippen molar-refractivity contribution in [3.8, 4) is 0 Å². The number of carbonyl (C=O) groups excluding carboxylic acids is 2. The third-order valence-corrected chi connectivity index (χ3v) is 5.17. The summed E-state index contributed by atoms with van der Waals surface area (Å²) in [5.41, 5.74) is 3.39. The van der Waals surface area contributed by atoms with Gasteiger partial charge in [-0.1, -0.05) is 30.3 Å². The summed E-state index contributed by atoms with van der Waals surface area (Å²) in [4.78, 5) is 26.7. The fraction of sp³-hybridized carbons (Fsp3) is 0.364. The molecule has 4 nitrogen and oxygen atoms in total. The molecular formula is C22H25FN2O2. The Balaban J connectivity index is 1.53. The molecule has 0 radical (unpaired) electrons. The van der Waals surface area contributed by atoms with E-state index in [0.29, 0.717) is 31.5 Å². The van der Waals surface area contributed by atoms with Crippen LogP contribution < -0.4 is 5.32 Å². The van der Waals surface area contributed by atoms with Gasteiger partial charge in [-0.15, -0.1) is 0 Å². The molecule has 27 heavy (non-hydrogen) atoms. The van der Waals surface area contributed by atoms with Crippen molar-refractivity contribution < 1.29 is 14.0 Å². The first-order chi connectivity index (χ1) is 12.9. The number of amides is 2. The number of nitrogens with zero attached hydrogens (tertiary/aromatic N) is 1. The van der Waals surface area contributed by atoms with Gasteiger partial charge in [0.05, 0.1) is 6.42 Å². The first kappa shape index (κ1) is 19.1. The molecule has 2 aromatic rings. The van der Waals surface area contributed by atoms with E-state index in [1.54, 1.807) is 23.1 Å². The predicted molar refractivity (Wildman–Crippen MR) is 104 cm³/mol. The second-order valence-electron chi connectivity index (χ2n) is 7.23. The number of anilines is 1. The van der Waals surface area contributed by atoms with Crippen molar-refractivity contribution in [1.82, 2.24) is 4.90 Å². The van der Waals surface area contributed by atoms with Crippen LogP contribution in [-0.2, 0) is 16.0 Å². The Morgan fingerprint density at radius 2 is 1.81 bits per heavy atom. The van der Waals surface area contributed by atoms with Crippen molar-refractivity contribution >= 4 is 17.5 Å². The summed E-state index contributed by atoms with van der Waals surface area (Å²) in [5.74, 6) is -0.547. The van der Waals surface area contributed by atoms with Crippen molar-refractivity contribution in [2.75, 3.05) is 18.4 Å². The molecule has 1 heterocycles. The van der Waals surface area contributed by atoms with Gasteiger partial charge < -0.3 is 10.2 Å². The molecule has 1 N–H and O–H groups in total. The molecule has 0 spiro atoms. The average molecular weight is 368 g/mol. The Morgan fingerprint density at radius 3 is 2.52 bits per heavy atom. The smallest absolute Gasteiger partial charge is 0.227 e. The Hall–Kier alpha value is -2.69. The summed E-state index contributed by atoms with van der Waals surface area (Å²) in [7, 11) is 0. The van der Waals surface area contributed by atoms with E-state index in [-0.39, 0.29) is 30.0 Å². The zero-order chi connectivity index (χ0) is 19.4. The zero-order valence-corrected chi connectivity index (χ0v) is 15.8. The van der Waals surface area contributed by atoms with E-state index in [9.17, 15) is 14.0 Å². The van der Waals surface area contributed by atoms with Crippen molar-refractivity contribution in [2.45, 2.75) is 33.1 Å². The van der Waals surface area contributed by atoms with E-state index in [4.69, 9.17) is 0 Å². The van der Waals surface area contributed by atoms with E-state index < -0.39 is 0 Å². The van der Waals surface area contributed by atoms with Gasteiger partial charge in [-0.25, -0.2) is 4.39 Å². The minimum absolute atomic E-state index is 0.00454. The van der Waals surface area contributed by atoms with Crippen molar-refractivity contribution in [3.05, 3.63) is 65.0 Å². The van der Waals surface area contributed by atoms with Crippen LogP contribution >= 0.6 is 0 Å². The van der Waals surface area contributed by atoms with Gasteiger partial charge in [-0.2, -0.15) is 0 Å². The van der Waals surface area contributed by atoms with Crippen LogP contribution in [0, 0.1) is 25.6 Å². The normalized spacial score (nSPS) is 14.9. The van der Waals surface area contributed by atoms with Gasteiger partial charge in [0.2, 0.25) is 11.8 Å². The molecule has 3 rings (SSSR count). The molecule has 0 unspecified atom stereocenters. The molecule has 2 aromatic carbocycles. The molecule has 0 atom stereocenters. The quantitative estimate of drug-likeness (QED) is 0.891. The lowest BCUT2D eigenvalue weighted by Crippen LogP contribution is -2.42. The molecule has 5 heteroatoms. The average Bonchev–Trinajstić information content (AvgIpc) is 2.66. The monoisotopic (exact) mass is 368 g/mol. The zero-order valence-electron chi connectivity index (χ0n) is 15.8. The number of carbonyl (C=O) groups is 2. The highest BCUT2D eigenvalue weighted by Gasteiger charge is 2.27. The van der Waals surface area contributed by atoms with Crippen LogP contribution in [0.1, 0.15) is 29.5 Å². The predicted octanol–water partition coefficient (Wildman–Crippen LogP) is 3.86. The van der Waals surface area contributed by atoms with Crippen molar-refractivity contribution in [2.24, 2.45) is 5.92 Å². The number of benzene rings is 2. The Morgan fingerprint density at radius 1 is 1.11 bits per heavy atom. The molecule has 1 fully saturated rings. The molecule has 1 aliphatic rings. The van der Waals surface area contributed by atoms with Gasteiger partial charge in [-0.05, 0) is 55.5 Å². The minimum atomic E-state index is -0.353. The Bertz CT molecular complexity index is 842. The highest BCUT2D eigenvalue weighted by molar-refractivity contribution is 5.93. The fourth-order valence-corrected chi connectivity index (χ4v) is 3.41. The van der Waals surface area contributed by atoms with Crippen LogP contribution in [0.25, 0.3) is 0 Å². The molecule has 0 aromatic heterocycles. The summed E-state index contributed by atoms with van der Waals surface area (Å²) < 4.78 is 13.7. The van der Waals surface area contributed by atoms with Gasteiger partial charge in [-0.3, -0.25) is 9.59 Å². The summed E-state index contributed by atoms with van der Waals surface area (Å²) in [6.07, 6.45) is 1.31. The van der Waals surface area contributed by atoms with E-state index in [0.717, 1.165) is 16.8 Å². The van der Waals surface area contributed by atoms with Gasteiger partial charge in [0.1, 0.15) is 5.82 Å². The Labute approximate surface area is 159 Å². The third-order valence-electron chi connectivity index (χ3n) is 5.17. The maximum Gasteiger partial charge on any atom is 0.227 e. The first-order valence-corrected chi connectivity index (χ1v) is 9.33. The lowest BCUT2D eigenvalue weighted by molar-refractivity contribution is -0.133. The number of aryl methyl sites for hydroxylation is 2. The topological polar surface area (TPSA) is 49.4 Å².